The molecule has 0 radical (unpaired) electrons. The Morgan fingerprint density at radius 1 is 1.19 bits per heavy atom. The molecule has 170 valence electrons. The van der Waals surface area contributed by atoms with Crippen molar-refractivity contribution in [2.45, 2.75) is 27.2 Å². The predicted octanol–water partition coefficient (Wildman–Crippen LogP) is 0.482. The number of hydrogen-bond acceptors (Lipinski definition) is 7. The number of nitrogens with zero attached hydrogens (tertiary/aromatic N) is 4. The zero-order valence-corrected chi connectivity index (χ0v) is 18.9. The molecule has 0 fully saturated rings. The monoisotopic (exact) mass is 434 g/mol. The van der Waals surface area contributed by atoms with Crippen LogP contribution in [0.25, 0.3) is 11.0 Å². The molecule has 0 spiro atoms. The lowest BCUT2D eigenvalue weighted by Crippen LogP contribution is -2.41. The summed E-state index contributed by atoms with van der Waals surface area (Å²) in [6, 6.07) is 0. The molecule has 0 aliphatic carbocycles. The topological polar surface area (TPSA) is 113 Å². The number of fused-ring (bicyclic) bond motifs is 1. The number of aromatic nitrogens is 3. The summed E-state index contributed by atoms with van der Waals surface area (Å²) in [5, 5.41) is 0.240. The minimum absolute atomic E-state index is 0.130. The van der Waals surface area contributed by atoms with Crippen LogP contribution in [0.1, 0.15) is 36.7 Å². The molecule has 0 bridgehead atoms. The van der Waals surface area contributed by atoms with Crippen LogP contribution in [-0.4, -0.2) is 64.3 Å². The van der Waals surface area contributed by atoms with Gasteiger partial charge in [0.15, 0.2) is 0 Å². The number of rotatable bonds is 9. The zero-order chi connectivity index (χ0) is 23.3. The molecule has 0 aliphatic rings. The minimum Gasteiger partial charge on any atom is -0.469 e. The maximum atomic E-state index is 13.5. The Labute approximate surface area is 180 Å². The van der Waals surface area contributed by atoms with Crippen molar-refractivity contribution in [3.63, 3.8) is 0 Å². The first-order valence-corrected chi connectivity index (χ1v) is 10.2. The van der Waals surface area contributed by atoms with E-state index in [2.05, 4.69) is 4.98 Å². The van der Waals surface area contributed by atoms with Gasteiger partial charge in [0.25, 0.3) is 11.5 Å². The van der Waals surface area contributed by atoms with Gasteiger partial charge >= 0.3 is 11.7 Å². The zero-order valence-electron chi connectivity index (χ0n) is 18.9. The van der Waals surface area contributed by atoms with Crippen molar-refractivity contribution < 1.29 is 19.1 Å². The van der Waals surface area contributed by atoms with Crippen LogP contribution in [0.2, 0.25) is 0 Å². The van der Waals surface area contributed by atoms with Crippen LogP contribution in [0.15, 0.2) is 15.8 Å². The molecular formula is C21H30N4O6. The molecule has 0 aromatic carbocycles. The van der Waals surface area contributed by atoms with E-state index in [4.69, 9.17) is 9.47 Å². The van der Waals surface area contributed by atoms with Crippen LogP contribution < -0.4 is 11.2 Å². The summed E-state index contributed by atoms with van der Waals surface area (Å²) in [7, 11) is 4.22. The number of amides is 1. The molecule has 0 N–H and O–H groups in total. The van der Waals surface area contributed by atoms with Gasteiger partial charge in [0.1, 0.15) is 5.65 Å². The molecule has 0 saturated carbocycles. The van der Waals surface area contributed by atoms with Crippen LogP contribution in [-0.2, 0) is 34.8 Å². The van der Waals surface area contributed by atoms with Gasteiger partial charge in [-0.25, -0.2) is 9.78 Å². The van der Waals surface area contributed by atoms with Gasteiger partial charge in [-0.2, -0.15) is 0 Å². The van der Waals surface area contributed by atoms with Gasteiger partial charge in [-0.1, -0.05) is 13.8 Å². The third-order valence-electron chi connectivity index (χ3n) is 5.26. The Kier molecular flexibility index (Phi) is 8.09. The first-order chi connectivity index (χ1) is 14.7. The number of pyridine rings is 1. The van der Waals surface area contributed by atoms with Crippen LogP contribution in [0, 0.1) is 5.92 Å². The Morgan fingerprint density at radius 3 is 2.45 bits per heavy atom. The van der Waals surface area contributed by atoms with Crippen molar-refractivity contribution in [3.8, 4) is 0 Å². The van der Waals surface area contributed by atoms with Gasteiger partial charge in [0, 0.05) is 40.0 Å². The van der Waals surface area contributed by atoms with Crippen molar-refractivity contribution in [1.29, 1.82) is 0 Å². The van der Waals surface area contributed by atoms with E-state index in [0.29, 0.717) is 25.2 Å². The molecule has 1 amide bonds. The summed E-state index contributed by atoms with van der Waals surface area (Å²) in [6.45, 7) is 6.55. The average molecular weight is 434 g/mol. The average Bonchev–Trinajstić information content (AvgIpc) is 2.78. The highest BCUT2D eigenvalue weighted by atomic mass is 16.5. The van der Waals surface area contributed by atoms with Gasteiger partial charge in [-0.05, 0) is 18.9 Å². The molecule has 2 aromatic rings. The summed E-state index contributed by atoms with van der Waals surface area (Å²) in [5.74, 6) is -1.33. The molecule has 10 heteroatoms. The lowest BCUT2D eigenvalue weighted by Gasteiger charge is -2.26. The van der Waals surface area contributed by atoms with E-state index >= 15 is 0 Å². The Bertz CT molecular complexity index is 1090. The van der Waals surface area contributed by atoms with Crippen LogP contribution in [0.4, 0.5) is 0 Å². The fourth-order valence-corrected chi connectivity index (χ4v) is 3.51. The van der Waals surface area contributed by atoms with E-state index < -0.39 is 23.1 Å². The van der Waals surface area contributed by atoms with Crippen molar-refractivity contribution in [2.24, 2.45) is 20.0 Å². The second-order valence-corrected chi connectivity index (χ2v) is 7.28. The van der Waals surface area contributed by atoms with E-state index in [1.54, 1.807) is 6.92 Å². The molecule has 31 heavy (non-hydrogen) atoms. The number of carbonyl (C=O) groups is 2. The number of aryl methyl sites for hydroxylation is 2. The lowest BCUT2D eigenvalue weighted by atomic mass is 10.0. The molecule has 0 saturated heterocycles. The molecular weight excluding hydrogens is 404 g/mol. The molecule has 2 heterocycles. The van der Waals surface area contributed by atoms with Crippen molar-refractivity contribution in [2.75, 3.05) is 33.4 Å². The highest BCUT2D eigenvalue weighted by Crippen LogP contribution is 2.20. The smallest absolute Gasteiger partial charge is 0.332 e. The van der Waals surface area contributed by atoms with Gasteiger partial charge in [0.2, 0.25) is 0 Å². The Hall–Kier alpha value is -3.01. The van der Waals surface area contributed by atoms with Gasteiger partial charge < -0.3 is 14.4 Å². The predicted molar refractivity (Wildman–Crippen MR) is 115 cm³/mol. The lowest BCUT2D eigenvalue weighted by molar-refractivity contribution is -0.145. The summed E-state index contributed by atoms with van der Waals surface area (Å²) in [5.41, 5.74) is 0.0141. The molecule has 1 atom stereocenters. The van der Waals surface area contributed by atoms with Crippen molar-refractivity contribution in [3.05, 3.63) is 38.2 Å². The second kappa shape index (κ2) is 10.3. The largest absolute Gasteiger partial charge is 0.469 e. The first-order valence-electron chi connectivity index (χ1n) is 10.2. The maximum Gasteiger partial charge on any atom is 0.332 e. The highest BCUT2D eigenvalue weighted by Gasteiger charge is 2.26. The third kappa shape index (κ3) is 4.84. The molecule has 2 rings (SSSR count). The summed E-state index contributed by atoms with van der Waals surface area (Å²) in [6.07, 6.45) is 1.78. The fourth-order valence-electron chi connectivity index (χ4n) is 3.51. The third-order valence-corrected chi connectivity index (χ3v) is 5.26. The first kappa shape index (κ1) is 24.3. The van der Waals surface area contributed by atoms with Gasteiger partial charge in [-0.15, -0.1) is 0 Å². The number of methoxy groups -OCH3 is 1. The minimum atomic E-state index is -0.539. The number of ether oxygens (including phenoxy) is 2. The standard InChI is InChI=1S/C21H30N4O6/c1-7-14-15(11-22-17-16(14)19(27)24(5)21(29)23(17)4)18(26)25(9-10-31-8-2)12-13(3)20(28)30-6/h11,13H,7-10,12H2,1-6H3/t13-/m0/s1. The van der Waals surface area contributed by atoms with Crippen molar-refractivity contribution >= 4 is 22.9 Å². The Morgan fingerprint density at radius 2 is 1.87 bits per heavy atom. The fraction of sp³-hybridized carbons (Fsp3) is 0.571. The summed E-state index contributed by atoms with van der Waals surface area (Å²) < 4.78 is 12.5. The summed E-state index contributed by atoms with van der Waals surface area (Å²) in [4.78, 5) is 56.2. The number of esters is 1. The van der Waals surface area contributed by atoms with E-state index in [0.717, 1.165) is 4.57 Å². The highest BCUT2D eigenvalue weighted by molar-refractivity contribution is 5.99. The second-order valence-electron chi connectivity index (χ2n) is 7.28. The van der Waals surface area contributed by atoms with Gasteiger partial charge in [0.05, 0.1) is 30.6 Å². The van der Waals surface area contributed by atoms with Crippen LogP contribution in [0.5, 0.6) is 0 Å². The van der Waals surface area contributed by atoms with Crippen LogP contribution in [0.3, 0.4) is 0 Å². The maximum absolute atomic E-state index is 13.5. The van der Waals surface area contributed by atoms with E-state index in [9.17, 15) is 19.2 Å². The quantitative estimate of drug-likeness (QED) is 0.417. The molecule has 0 aliphatic heterocycles. The number of carbonyl (C=O) groups excluding carboxylic acids is 2. The molecule has 0 unspecified atom stereocenters. The van der Waals surface area contributed by atoms with Crippen LogP contribution >= 0.6 is 0 Å². The normalized spacial score (nSPS) is 12.1. The number of hydrogen-bond donors (Lipinski definition) is 0. The van der Waals surface area contributed by atoms with E-state index in [-0.39, 0.29) is 35.6 Å². The summed E-state index contributed by atoms with van der Waals surface area (Å²) >= 11 is 0. The Balaban J connectivity index is 2.60. The van der Waals surface area contributed by atoms with E-state index in [1.807, 2.05) is 13.8 Å². The van der Waals surface area contributed by atoms with Gasteiger partial charge in [-0.3, -0.25) is 23.5 Å². The molecule has 2 aromatic heterocycles. The van der Waals surface area contributed by atoms with Crippen molar-refractivity contribution in [1.82, 2.24) is 19.0 Å². The SMILES string of the molecule is CCOCCN(C[C@H](C)C(=O)OC)C(=O)c1cnc2c(c1CC)c(=O)n(C)c(=O)n2C. The van der Waals surface area contributed by atoms with E-state index in [1.165, 1.54) is 36.9 Å². The molecule has 10 nitrogen and oxygen atoms in total.